The molecule has 2 heterocycles. The highest BCUT2D eigenvalue weighted by Gasteiger charge is 2.26. The van der Waals surface area contributed by atoms with E-state index in [4.69, 9.17) is 25.5 Å². The lowest BCUT2D eigenvalue weighted by Gasteiger charge is -2.28. The molecule has 0 atom stereocenters. The summed E-state index contributed by atoms with van der Waals surface area (Å²) in [6, 6.07) is 10.4. The number of methoxy groups -OCH3 is 1. The highest BCUT2D eigenvalue weighted by molar-refractivity contribution is 6.30. The quantitative estimate of drug-likeness (QED) is 0.615. The van der Waals surface area contributed by atoms with Gasteiger partial charge in [-0.3, -0.25) is 4.79 Å². The summed E-state index contributed by atoms with van der Waals surface area (Å²) in [5, 5.41) is 1.02. The number of rotatable bonds is 2. The van der Waals surface area contributed by atoms with Gasteiger partial charge in [0.1, 0.15) is 28.2 Å². The van der Waals surface area contributed by atoms with Gasteiger partial charge in [0, 0.05) is 22.7 Å². The summed E-state index contributed by atoms with van der Waals surface area (Å²) in [5.41, 5.74) is 1.33. The maximum absolute atomic E-state index is 12.8. The van der Waals surface area contributed by atoms with E-state index in [0.29, 0.717) is 33.3 Å². The molecule has 0 N–H and O–H groups in total. The summed E-state index contributed by atoms with van der Waals surface area (Å²) < 4.78 is 17.6. The van der Waals surface area contributed by atoms with Crippen molar-refractivity contribution in [1.82, 2.24) is 0 Å². The molecule has 4 nitrogen and oxygen atoms in total. The van der Waals surface area contributed by atoms with Gasteiger partial charge in [0.25, 0.3) is 0 Å². The van der Waals surface area contributed by atoms with Crippen LogP contribution in [0.25, 0.3) is 28.4 Å². The number of hydrogen-bond acceptors (Lipinski definition) is 4. The Morgan fingerprint density at radius 3 is 2.54 bits per heavy atom. The van der Waals surface area contributed by atoms with Crippen molar-refractivity contribution in [2.75, 3.05) is 7.11 Å². The molecule has 0 fully saturated rings. The molecule has 132 valence electrons. The average Bonchev–Trinajstić information content (AvgIpc) is 2.60. The van der Waals surface area contributed by atoms with Crippen molar-refractivity contribution >= 4 is 28.6 Å². The van der Waals surface area contributed by atoms with Crippen LogP contribution < -0.4 is 14.9 Å². The highest BCUT2D eigenvalue weighted by atomic mass is 35.5. The van der Waals surface area contributed by atoms with Crippen molar-refractivity contribution in [2.45, 2.75) is 19.4 Å². The van der Waals surface area contributed by atoms with Gasteiger partial charge in [0.15, 0.2) is 11.0 Å². The van der Waals surface area contributed by atoms with Gasteiger partial charge in [-0.2, -0.15) is 0 Å². The van der Waals surface area contributed by atoms with Gasteiger partial charge in [0.2, 0.25) is 0 Å². The number of fused-ring (bicyclic) bond motifs is 3. The van der Waals surface area contributed by atoms with Crippen molar-refractivity contribution in [3.63, 3.8) is 0 Å². The van der Waals surface area contributed by atoms with Gasteiger partial charge in [-0.15, -0.1) is 0 Å². The number of hydrogen-bond donors (Lipinski definition) is 0. The Hall–Kier alpha value is -2.72. The van der Waals surface area contributed by atoms with Crippen molar-refractivity contribution in [2.24, 2.45) is 0 Å². The van der Waals surface area contributed by atoms with Crippen LogP contribution in [0.3, 0.4) is 0 Å². The Bertz CT molecular complexity index is 1090. The zero-order valence-electron chi connectivity index (χ0n) is 14.6. The van der Waals surface area contributed by atoms with Gasteiger partial charge in [0.05, 0.1) is 12.7 Å². The molecule has 5 heteroatoms. The molecule has 1 aromatic heterocycles. The van der Waals surface area contributed by atoms with Crippen LogP contribution >= 0.6 is 11.6 Å². The molecule has 0 spiro atoms. The van der Waals surface area contributed by atoms with Crippen LogP contribution in [0.15, 0.2) is 51.7 Å². The zero-order valence-corrected chi connectivity index (χ0v) is 15.4. The fraction of sp³-hybridized carbons (Fsp3) is 0.190. The van der Waals surface area contributed by atoms with E-state index >= 15 is 0 Å². The minimum Gasteiger partial charge on any atom is -0.496 e. The van der Waals surface area contributed by atoms with E-state index in [9.17, 15) is 4.79 Å². The SMILES string of the molecule is COc1cc2c(c3oc(-c4ccc(Cl)cc4)cc(=O)c13)C=CC(C)(C)O2. The number of benzene rings is 2. The summed E-state index contributed by atoms with van der Waals surface area (Å²) in [6.45, 7) is 3.92. The lowest BCUT2D eigenvalue weighted by atomic mass is 9.99. The predicted molar refractivity (Wildman–Crippen MR) is 103 cm³/mol. The molecular weight excluding hydrogens is 352 g/mol. The number of halogens is 1. The van der Waals surface area contributed by atoms with Gasteiger partial charge in [-0.25, -0.2) is 0 Å². The van der Waals surface area contributed by atoms with Crippen LogP contribution in [-0.4, -0.2) is 12.7 Å². The molecule has 0 bridgehead atoms. The van der Waals surface area contributed by atoms with Gasteiger partial charge in [-0.1, -0.05) is 11.6 Å². The topological polar surface area (TPSA) is 48.7 Å². The van der Waals surface area contributed by atoms with Gasteiger partial charge in [-0.05, 0) is 50.3 Å². The monoisotopic (exact) mass is 368 g/mol. The van der Waals surface area contributed by atoms with Crippen LogP contribution in [0, 0.1) is 0 Å². The molecule has 0 saturated carbocycles. The van der Waals surface area contributed by atoms with Crippen LogP contribution in [0.4, 0.5) is 0 Å². The first kappa shape index (κ1) is 16.7. The fourth-order valence-electron chi connectivity index (χ4n) is 3.06. The van der Waals surface area contributed by atoms with Crippen molar-refractivity contribution in [1.29, 1.82) is 0 Å². The third-order valence-corrected chi connectivity index (χ3v) is 4.59. The molecule has 4 rings (SSSR count). The lowest BCUT2D eigenvalue weighted by molar-refractivity contribution is 0.158. The molecule has 2 aromatic carbocycles. The Balaban J connectivity index is 2.03. The fourth-order valence-corrected chi connectivity index (χ4v) is 3.18. The van der Waals surface area contributed by atoms with E-state index in [2.05, 4.69) is 0 Å². The Morgan fingerprint density at radius 1 is 1.12 bits per heavy atom. The third-order valence-electron chi connectivity index (χ3n) is 4.34. The number of ether oxygens (including phenoxy) is 2. The smallest absolute Gasteiger partial charge is 0.197 e. The Labute approximate surface area is 155 Å². The first-order valence-corrected chi connectivity index (χ1v) is 8.59. The van der Waals surface area contributed by atoms with Crippen LogP contribution in [0.1, 0.15) is 19.4 Å². The van der Waals surface area contributed by atoms with Gasteiger partial charge < -0.3 is 13.9 Å². The maximum Gasteiger partial charge on any atom is 0.197 e. The average molecular weight is 369 g/mol. The molecule has 0 saturated heterocycles. The van der Waals surface area contributed by atoms with E-state index < -0.39 is 5.60 Å². The van der Waals surface area contributed by atoms with Crippen LogP contribution in [0.2, 0.25) is 5.02 Å². The van der Waals surface area contributed by atoms with Crippen LogP contribution in [0.5, 0.6) is 11.5 Å². The van der Waals surface area contributed by atoms with E-state index in [1.54, 1.807) is 18.2 Å². The molecule has 26 heavy (non-hydrogen) atoms. The largest absolute Gasteiger partial charge is 0.496 e. The Kier molecular flexibility index (Phi) is 3.81. The molecule has 0 aliphatic carbocycles. The molecule has 3 aromatic rings. The highest BCUT2D eigenvalue weighted by Crippen LogP contribution is 2.41. The third kappa shape index (κ3) is 2.76. The second kappa shape index (κ2) is 5.92. The van der Waals surface area contributed by atoms with E-state index in [-0.39, 0.29) is 5.43 Å². The second-order valence-corrected chi connectivity index (χ2v) is 7.15. The predicted octanol–water partition coefficient (Wildman–Crippen LogP) is 5.31. The van der Waals surface area contributed by atoms with E-state index in [1.807, 2.05) is 38.1 Å². The summed E-state index contributed by atoms with van der Waals surface area (Å²) >= 11 is 5.95. The standard InChI is InChI=1S/C21H17ClO4/c1-21(2)9-8-14-17(26-21)11-18(24-3)19-15(23)10-16(25-20(14)19)12-4-6-13(22)7-5-12/h4-11H,1-3H3. The molecule has 0 unspecified atom stereocenters. The summed E-state index contributed by atoms with van der Waals surface area (Å²) in [7, 11) is 1.53. The zero-order chi connectivity index (χ0) is 18.5. The van der Waals surface area contributed by atoms with Gasteiger partial charge >= 0.3 is 0 Å². The minimum absolute atomic E-state index is 0.172. The first-order valence-electron chi connectivity index (χ1n) is 8.21. The van der Waals surface area contributed by atoms with Crippen LogP contribution in [-0.2, 0) is 0 Å². The molecular formula is C21H17ClO4. The first-order chi connectivity index (χ1) is 12.4. The van der Waals surface area contributed by atoms with Crippen molar-refractivity contribution in [3.8, 4) is 22.8 Å². The Morgan fingerprint density at radius 2 is 1.85 bits per heavy atom. The molecule has 1 aliphatic rings. The summed E-state index contributed by atoms with van der Waals surface area (Å²) in [6.07, 6.45) is 3.87. The summed E-state index contributed by atoms with van der Waals surface area (Å²) in [5.74, 6) is 1.52. The van der Waals surface area contributed by atoms with Crippen molar-refractivity contribution < 1.29 is 13.9 Å². The molecule has 0 amide bonds. The maximum atomic E-state index is 12.8. The second-order valence-electron chi connectivity index (χ2n) is 6.72. The normalized spacial score (nSPS) is 14.8. The molecule has 0 radical (unpaired) electrons. The van der Waals surface area contributed by atoms with E-state index in [0.717, 1.165) is 11.1 Å². The lowest BCUT2D eigenvalue weighted by Crippen LogP contribution is -2.27. The van der Waals surface area contributed by atoms with E-state index in [1.165, 1.54) is 13.2 Å². The minimum atomic E-state index is -0.445. The molecule has 1 aliphatic heterocycles. The summed E-state index contributed by atoms with van der Waals surface area (Å²) in [4.78, 5) is 12.8. The van der Waals surface area contributed by atoms with Crippen molar-refractivity contribution in [3.05, 3.63) is 63.3 Å².